The van der Waals surface area contributed by atoms with Crippen LogP contribution < -0.4 is 0 Å². The van der Waals surface area contributed by atoms with Crippen LogP contribution in [0.25, 0.3) is 0 Å². The molecular weight excluding hydrogens is 413 g/mol. The Morgan fingerprint density at radius 3 is 2.45 bits per heavy atom. The van der Waals surface area contributed by atoms with Crippen LogP contribution in [0.4, 0.5) is 13.2 Å². The maximum atomic E-state index is 13.4. The molecule has 2 aliphatic rings. The third kappa shape index (κ3) is 3.91. The molecule has 2 aromatic rings. The summed E-state index contributed by atoms with van der Waals surface area (Å²) < 4.78 is 40.2. The molecule has 7 nitrogen and oxygen atoms in total. The maximum absolute atomic E-state index is 13.4. The summed E-state index contributed by atoms with van der Waals surface area (Å²) in [7, 11) is 0. The predicted molar refractivity (Wildman–Crippen MR) is 104 cm³/mol. The number of carbonyl (C=O) groups excluding carboxylic acids is 2. The topological polar surface area (TPSA) is 89.5 Å². The van der Waals surface area contributed by atoms with Crippen LogP contribution in [0.15, 0.2) is 24.3 Å². The first-order chi connectivity index (χ1) is 14.6. The van der Waals surface area contributed by atoms with Gasteiger partial charge >= 0.3 is 6.18 Å². The van der Waals surface area contributed by atoms with E-state index in [0.29, 0.717) is 25.1 Å². The summed E-state index contributed by atoms with van der Waals surface area (Å²) in [6.45, 7) is 2.50. The number of alkyl halides is 3. The molecule has 0 spiro atoms. The van der Waals surface area contributed by atoms with Crippen LogP contribution in [-0.2, 0) is 29.5 Å². The van der Waals surface area contributed by atoms with Gasteiger partial charge < -0.3 is 14.9 Å². The van der Waals surface area contributed by atoms with Crippen molar-refractivity contribution in [1.29, 1.82) is 0 Å². The molecule has 1 aromatic heterocycles. The molecule has 3 heterocycles. The van der Waals surface area contributed by atoms with Gasteiger partial charge in [-0.05, 0) is 24.5 Å². The van der Waals surface area contributed by atoms with Crippen molar-refractivity contribution in [3.63, 3.8) is 0 Å². The van der Waals surface area contributed by atoms with E-state index in [4.69, 9.17) is 0 Å². The monoisotopic (exact) mass is 436 g/mol. The van der Waals surface area contributed by atoms with Gasteiger partial charge in [0.2, 0.25) is 5.91 Å². The molecule has 0 radical (unpaired) electrons. The zero-order valence-electron chi connectivity index (χ0n) is 17.0. The zero-order chi connectivity index (χ0) is 22.4. The number of aromatic nitrogens is 2. The van der Waals surface area contributed by atoms with E-state index in [1.807, 2.05) is 0 Å². The minimum Gasteiger partial charge on any atom is -0.385 e. The fourth-order valence-electron chi connectivity index (χ4n) is 4.38. The number of piperidine rings is 1. The summed E-state index contributed by atoms with van der Waals surface area (Å²) in [5.74, 6) is -0.439. The Kier molecular flexibility index (Phi) is 5.28. The number of carbonyl (C=O) groups is 2. The van der Waals surface area contributed by atoms with Crippen LogP contribution >= 0.6 is 0 Å². The van der Waals surface area contributed by atoms with Gasteiger partial charge in [-0.25, -0.2) is 0 Å². The van der Waals surface area contributed by atoms with Crippen molar-refractivity contribution in [2.75, 3.05) is 19.6 Å². The number of likely N-dealkylation sites (tertiary alicyclic amines) is 1. The third-order valence-corrected chi connectivity index (χ3v) is 6.19. The van der Waals surface area contributed by atoms with Crippen LogP contribution in [0.2, 0.25) is 0 Å². The number of fused-ring (bicyclic) bond motifs is 1. The molecule has 166 valence electrons. The lowest BCUT2D eigenvalue weighted by atomic mass is 9.81. The van der Waals surface area contributed by atoms with Gasteiger partial charge in [0, 0.05) is 50.8 Å². The molecule has 1 aromatic carbocycles. The number of aliphatic hydroxyl groups is 1. The van der Waals surface area contributed by atoms with Gasteiger partial charge in [-0.3, -0.25) is 14.7 Å². The Labute approximate surface area is 176 Å². The minimum absolute atomic E-state index is 0.0159. The predicted octanol–water partition coefficient (Wildman–Crippen LogP) is 2.46. The van der Waals surface area contributed by atoms with Gasteiger partial charge in [-0.1, -0.05) is 18.2 Å². The number of nitrogens with one attached hydrogen (secondary N) is 1. The van der Waals surface area contributed by atoms with E-state index in [2.05, 4.69) is 10.2 Å². The molecule has 2 amide bonds. The van der Waals surface area contributed by atoms with E-state index < -0.39 is 17.3 Å². The van der Waals surface area contributed by atoms with E-state index in [1.54, 1.807) is 4.90 Å². The average Bonchev–Trinajstić information content (AvgIpc) is 3.16. The smallest absolute Gasteiger partial charge is 0.385 e. The number of H-pyrrole nitrogens is 1. The summed E-state index contributed by atoms with van der Waals surface area (Å²) in [6.07, 6.45) is -4.03. The molecule has 31 heavy (non-hydrogen) atoms. The molecule has 0 aliphatic carbocycles. The highest BCUT2D eigenvalue weighted by atomic mass is 19.4. The van der Waals surface area contributed by atoms with Gasteiger partial charge in [0.05, 0.1) is 11.2 Å². The number of rotatable bonds is 2. The number of nitrogens with zero attached hydrogens (tertiary/aromatic N) is 3. The Morgan fingerprint density at radius 2 is 1.81 bits per heavy atom. The van der Waals surface area contributed by atoms with E-state index in [1.165, 1.54) is 30.0 Å². The van der Waals surface area contributed by atoms with Gasteiger partial charge in [-0.15, -0.1) is 0 Å². The minimum atomic E-state index is -4.57. The molecule has 2 N–H and O–H groups in total. The highest BCUT2D eigenvalue weighted by Gasteiger charge is 2.43. The fourth-order valence-corrected chi connectivity index (χ4v) is 4.38. The first kappa shape index (κ1) is 21.4. The van der Waals surface area contributed by atoms with Crippen molar-refractivity contribution in [3.05, 3.63) is 52.3 Å². The summed E-state index contributed by atoms with van der Waals surface area (Å²) in [4.78, 5) is 27.9. The largest absolute Gasteiger partial charge is 0.416 e. The van der Waals surface area contributed by atoms with Gasteiger partial charge in [-0.2, -0.15) is 18.3 Å². The van der Waals surface area contributed by atoms with Gasteiger partial charge in [0.25, 0.3) is 5.91 Å². The summed E-state index contributed by atoms with van der Waals surface area (Å²) in [5.41, 5.74) is -0.976. The van der Waals surface area contributed by atoms with E-state index in [-0.39, 0.29) is 49.0 Å². The van der Waals surface area contributed by atoms with Gasteiger partial charge in [0.1, 0.15) is 0 Å². The second-order valence-electron chi connectivity index (χ2n) is 8.09. The normalized spacial score (nSPS) is 18.6. The number of benzene rings is 1. The fraction of sp³-hybridized carbons (Fsp3) is 0.476. The second-order valence-corrected chi connectivity index (χ2v) is 8.09. The first-order valence-corrected chi connectivity index (χ1v) is 10.1. The van der Waals surface area contributed by atoms with E-state index >= 15 is 0 Å². The molecule has 10 heteroatoms. The second kappa shape index (κ2) is 7.67. The zero-order valence-corrected chi connectivity index (χ0v) is 17.0. The summed E-state index contributed by atoms with van der Waals surface area (Å²) >= 11 is 0. The highest BCUT2D eigenvalue weighted by molar-refractivity contribution is 5.94. The summed E-state index contributed by atoms with van der Waals surface area (Å²) in [6, 6.07) is 5.01. The quantitative estimate of drug-likeness (QED) is 0.757. The van der Waals surface area contributed by atoms with Crippen molar-refractivity contribution in [2.24, 2.45) is 0 Å². The van der Waals surface area contributed by atoms with Gasteiger partial charge in [0.15, 0.2) is 5.69 Å². The third-order valence-electron chi connectivity index (χ3n) is 6.19. The Morgan fingerprint density at radius 1 is 1.13 bits per heavy atom. The molecular formula is C21H23F3N4O3. The Bertz CT molecular complexity index is 1010. The lowest BCUT2D eigenvalue weighted by molar-refractivity contribution is -0.141. The maximum Gasteiger partial charge on any atom is 0.416 e. The Balaban J connectivity index is 1.51. The highest BCUT2D eigenvalue weighted by Crippen LogP contribution is 2.41. The van der Waals surface area contributed by atoms with Crippen molar-refractivity contribution >= 4 is 11.8 Å². The standard InChI is InChI=1S/C21H23F3N4O3/c1-13(29)28-9-6-17-14(12-28)18(26-25-17)19(30)27-10-7-20(31,8-11-27)15-4-2-3-5-16(15)21(22,23)24/h2-5,31H,6-12H2,1H3,(H,25,26). The van der Waals surface area contributed by atoms with E-state index in [0.717, 1.165) is 11.8 Å². The van der Waals surface area contributed by atoms with Crippen molar-refractivity contribution in [3.8, 4) is 0 Å². The molecule has 0 atom stereocenters. The lowest BCUT2D eigenvalue weighted by Crippen LogP contribution is -2.46. The van der Waals surface area contributed by atoms with Crippen LogP contribution in [0.5, 0.6) is 0 Å². The first-order valence-electron chi connectivity index (χ1n) is 10.1. The number of halogens is 3. The van der Waals surface area contributed by atoms with Crippen molar-refractivity contribution in [2.45, 2.75) is 44.5 Å². The number of hydrogen-bond donors (Lipinski definition) is 2. The van der Waals surface area contributed by atoms with Crippen molar-refractivity contribution < 1.29 is 27.9 Å². The van der Waals surface area contributed by atoms with Crippen LogP contribution in [0.1, 0.15) is 52.6 Å². The molecule has 2 aliphatic heterocycles. The molecule has 0 bridgehead atoms. The molecule has 0 saturated carbocycles. The molecule has 1 fully saturated rings. The number of hydrogen-bond acceptors (Lipinski definition) is 4. The summed E-state index contributed by atoms with van der Waals surface area (Å²) in [5, 5.41) is 18.0. The molecule has 1 saturated heterocycles. The van der Waals surface area contributed by atoms with Crippen molar-refractivity contribution in [1.82, 2.24) is 20.0 Å². The SMILES string of the molecule is CC(=O)N1CCc2[nH]nc(C(=O)N3CCC(O)(c4ccccc4C(F)(F)F)CC3)c2C1. The lowest BCUT2D eigenvalue weighted by Gasteiger charge is -2.39. The van der Waals surface area contributed by atoms with Crippen LogP contribution in [-0.4, -0.2) is 56.6 Å². The van der Waals surface area contributed by atoms with Crippen LogP contribution in [0, 0.1) is 0 Å². The Hall–Kier alpha value is -2.88. The molecule has 0 unspecified atom stereocenters. The van der Waals surface area contributed by atoms with E-state index in [9.17, 15) is 27.9 Å². The average molecular weight is 436 g/mol. The number of aromatic amines is 1. The van der Waals surface area contributed by atoms with Crippen LogP contribution in [0.3, 0.4) is 0 Å². The number of amides is 2. The molecule has 4 rings (SSSR count).